The number of para-hydroxylation sites is 2. The van der Waals surface area contributed by atoms with E-state index in [1.165, 1.54) is 0 Å². The molecule has 146 valence electrons. The number of carbonyl (C=O) groups is 3. The Labute approximate surface area is 163 Å². The molecule has 28 heavy (non-hydrogen) atoms. The number of amides is 3. The van der Waals surface area contributed by atoms with Gasteiger partial charge in [0.05, 0.1) is 23.8 Å². The molecule has 0 saturated heterocycles. The van der Waals surface area contributed by atoms with Gasteiger partial charge in [-0.2, -0.15) is 0 Å². The largest absolute Gasteiger partial charge is 0.491 e. The van der Waals surface area contributed by atoms with Gasteiger partial charge >= 0.3 is 0 Å². The quantitative estimate of drug-likeness (QED) is 0.715. The van der Waals surface area contributed by atoms with E-state index in [9.17, 15) is 14.4 Å². The third-order valence-corrected chi connectivity index (χ3v) is 4.25. The Morgan fingerprint density at radius 2 is 1.82 bits per heavy atom. The van der Waals surface area contributed by atoms with Crippen molar-refractivity contribution in [3.05, 3.63) is 59.7 Å². The maximum Gasteiger partial charge on any atom is 0.254 e. The van der Waals surface area contributed by atoms with E-state index >= 15 is 0 Å². The number of fused-ring (bicyclic) bond motifs is 1. The van der Waals surface area contributed by atoms with Crippen molar-refractivity contribution >= 4 is 23.4 Å². The third kappa shape index (κ3) is 4.68. The van der Waals surface area contributed by atoms with Gasteiger partial charge in [0, 0.05) is 12.1 Å². The monoisotopic (exact) mass is 381 g/mol. The number of ether oxygens (including phenoxy) is 1. The molecule has 0 aliphatic carbocycles. The molecule has 1 atom stereocenters. The number of hydrogen-bond acceptors (Lipinski definition) is 4. The lowest BCUT2D eigenvalue weighted by atomic mass is 10.1. The minimum absolute atomic E-state index is 0.0170. The normalized spacial score (nSPS) is 15.9. The van der Waals surface area contributed by atoms with Crippen LogP contribution in [0.4, 0.5) is 5.69 Å². The van der Waals surface area contributed by atoms with Gasteiger partial charge in [-0.3, -0.25) is 14.4 Å². The molecule has 1 aliphatic heterocycles. The topological polar surface area (TPSA) is 96.5 Å². The SMILES string of the molecule is CC(C)Oc1ccccc1CNC(=O)CC1NC(=O)c2ccccc2NC1=O. The summed E-state index contributed by atoms with van der Waals surface area (Å²) in [4.78, 5) is 37.1. The van der Waals surface area contributed by atoms with Gasteiger partial charge in [-0.1, -0.05) is 30.3 Å². The summed E-state index contributed by atoms with van der Waals surface area (Å²) >= 11 is 0. The molecule has 3 N–H and O–H groups in total. The van der Waals surface area contributed by atoms with Crippen molar-refractivity contribution in [1.29, 1.82) is 0 Å². The smallest absolute Gasteiger partial charge is 0.254 e. The summed E-state index contributed by atoms with van der Waals surface area (Å²) in [6.45, 7) is 4.13. The van der Waals surface area contributed by atoms with E-state index in [0.717, 1.165) is 5.56 Å². The Morgan fingerprint density at radius 3 is 2.61 bits per heavy atom. The predicted octanol–water partition coefficient (Wildman–Crippen LogP) is 2.23. The number of benzene rings is 2. The lowest BCUT2D eigenvalue weighted by Crippen LogP contribution is -2.44. The van der Waals surface area contributed by atoms with Gasteiger partial charge < -0.3 is 20.7 Å². The van der Waals surface area contributed by atoms with Gasteiger partial charge in [-0.25, -0.2) is 0 Å². The van der Waals surface area contributed by atoms with Gasteiger partial charge in [-0.15, -0.1) is 0 Å². The molecular formula is C21H23N3O4. The van der Waals surface area contributed by atoms with Crippen molar-refractivity contribution in [1.82, 2.24) is 10.6 Å². The number of nitrogens with one attached hydrogen (secondary N) is 3. The molecule has 7 heteroatoms. The molecule has 0 spiro atoms. The van der Waals surface area contributed by atoms with Crippen LogP contribution in [0, 0.1) is 0 Å². The van der Waals surface area contributed by atoms with Crippen LogP contribution in [0.25, 0.3) is 0 Å². The lowest BCUT2D eigenvalue weighted by molar-refractivity contribution is -0.125. The third-order valence-electron chi connectivity index (χ3n) is 4.25. The second kappa shape index (κ2) is 8.56. The minimum atomic E-state index is -0.943. The summed E-state index contributed by atoms with van der Waals surface area (Å²) in [5.41, 5.74) is 1.65. The first-order chi connectivity index (χ1) is 13.4. The number of anilines is 1. The number of rotatable bonds is 6. The molecule has 2 aromatic carbocycles. The Morgan fingerprint density at radius 1 is 1.11 bits per heavy atom. The second-order valence-electron chi connectivity index (χ2n) is 6.82. The summed E-state index contributed by atoms with van der Waals surface area (Å²) in [6.07, 6.45) is -0.137. The average molecular weight is 381 g/mol. The van der Waals surface area contributed by atoms with E-state index in [0.29, 0.717) is 17.0 Å². The lowest BCUT2D eigenvalue weighted by Gasteiger charge is -2.16. The molecule has 0 radical (unpaired) electrons. The zero-order chi connectivity index (χ0) is 20.1. The molecule has 1 heterocycles. The molecule has 1 aliphatic rings. The Kier molecular flexibility index (Phi) is 5.93. The molecule has 7 nitrogen and oxygen atoms in total. The minimum Gasteiger partial charge on any atom is -0.491 e. The van der Waals surface area contributed by atoms with Crippen molar-refractivity contribution in [3.8, 4) is 5.75 Å². The van der Waals surface area contributed by atoms with Crippen LogP contribution in [0.3, 0.4) is 0 Å². The molecule has 1 unspecified atom stereocenters. The highest BCUT2D eigenvalue weighted by molar-refractivity contribution is 6.10. The molecular weight excluding hydrogens is 358 g/mol. The maximum atomic E-state index is 12.4. The highest BCUT2D eigenvalue weighted by Gasteiger charge is 2.29. The van der Waals surface area contributed by atoms with Crippen LogP contribution in [-0.4, -0.2) is 29.9 Å². The molecule has 0 aromatic heterocycles. The highest BCUT2D eigenvalue weighted by Crippen LogP contribution is 2.20. The summed E-state index contributed by atoms with van der Waals surface area (Å²) in [5, 5.41) is 8.09. The summed E-state index contributed by atoms with van der Waals surface area (Å²) in [5.74, 6) is -0.445. The van der Waals surface area contributed by atoms with Crippen molar-refractivity contribution in [2.75, 3.05) is 5.32 Å². The summed E-state index contributed by atoms with van der Waals surface area (Å²) in [7, 11) is 0. The summed E-state index contributed by atoms with van der Waals surface area (Å²) < 4.78 is 5.74. The first kappa shape index (κ1) is 19.4. The van der Waals surface area contributed by atoms with Crippen LogP contribution in [0.15, 0.2) is 48.5 Å². The van der Waals surface area contributed by atoms with Crippen LogP contribution in [0.5, 0.6) is 5.75 Å². The van der Waals surface area contributed by atoms with Crippen LogP contribution < -0.4 is 20.7 Å². The molecule has 0 fully saturated rings. The van der Waals surface area contributed by atoms with E-state index in [1.54, 1.807) is 24.3 Å². The van der Waals surface area contributed by atoms with Gasteiger partial charge in [0.15, 0.2) is 0 Å². The van der Waals surface area contributed by atoms with Crippen molar-refractivity contribution in [3.63, 3.8) is 0 Å². The zero-order valence-corrected chi connectivity index (χ0v) is 15.8. The fraction of sp³-hybridized carbons (Fsp3) is 0.286. The van der Waals surface area contributed by atoms with Gasteiger partial charge in [0.1, 0.15) is 11.8 Å². The van der Waals surface area contributed by atoms with E-state index in [1.807, 2.05) is 38.1 Å². The van der Waals surface area contributed by atoms with E-state index in [2.05, 4.69) is 16.0 Å². The summed E-state index contributed by atoms with van der Waals surface area (Å²) in [6, 6.07) is 13.2. The van der Waals surface area contributed by atoms with E-state index < -0.39 is 11.9 Å². The predicted molar refractivity (Wildman–Crippen MR) is 105 cm³/mol. The number of carbonyl (C=O) groups excluding carboxylic acids is 3. The fourth-order valence-corrected chi connectivity index (χ4v) is 2.93. The Bertz CT molecular complexity index is 895. The molecule has 0 bridgehead atoms. The fourth-order valence-electron chi connectivity index (χ4n) is 2.93. The Balaban J connectivity index is 1.61. The van der Waals surface area contributed by atoms with E-state index in [-0.39, 0.29) is 30.9 Å². The van der Waals surface area contributed by atoms with Crippen LogP contribution in [0.2, 0.25) is 0 Å². The second-order valence-corrected chi connectivity index (χ2v) is 6.82. The van der Waals surface area contributed by atoms with E-state index in [4.69, 9.17) is 4.74 Å². The molecule has 0 saturated carbocycles. The highest BCUT2D eigenvalue weighted by atomic mass is 16.5. The molecule has 3 rings (SSSR count). The van der Waals surface area contributed by atoms with Crippen LogP contribution in [-0.2, 0) is 16.1 Å². The zero-order valence-electron chi connectivity index (χ0n) is 15.8. The van der Waals surface area contributed by atoms with Crippen LogP contribution in [0.1, 0.15) is 36.2 Å². The van der Waals surface area contributed by atoms with Crippen molar-refractivity contribution < 1.29 is 19.1 Å². The van der Waals surface area contributed by atoms with Gasteiger partial charge in [0.25, 0.3) is 5.91 Å². The number of hydrogen-bond donors (Lipinski definition) is 3. The van der Waals surface area contributed by atoms with Gasteiger partial charge in [-0.05, 0) is 32.0 Å². The van der Waals surface area contributed by atoms with Gasteiger partial charge in [0.2, 0.25) is 11.8 Å². The first-order valence-corrected chi connectivity index (χ1v) is 9.16. The standard InChI is InChI=1S/C21H23N3O4/c1-13(2)28-18-10-6-3-7-14(18)12-22-19(25)11-17-21(27)23-16-9-5-4-8-15(16)20(26)24-17/h3-10,13,17H,11-12H2,1-2H3,(H,22,25)(H,23,27)(H,24,26). The Hall–Kier alpha value is -3.35. The van der Waals surface area contributed by atoms with Crippen molar-refractivity contribution in [2.45, 2.75) is 39.0 Å². The maximum absolute atomic E-state index is 12.4. The molecule has 3 amide bonds. The van der Waals surface area contributed by atoms with Crippen molar-refractivity contribution in [2.24, 2.45) is 0 Å². The van der Waals surface area contributed by atoms with Crippen LogP contribution >= 0.6 is 0 Å². The average Bonchev–Trinajstić information content (AvgIpc) is 2.77. The molecule has 2 aromatic rings. The first-order valence-electron chi connectivity index (χ1n) is 9.16.